The Kier molecular flexibility index (Phi) is 1.59. The van der Waals surface area contributed by atoms with Crippen LogP contribution in [-0.2, 0) is 0 Å². The van der Waals surface area contributed by atoms with E-state index in [-0.39, 0.29) is 0 Å². The van der Waals surface area contributed by atoms with Gasteiger partial charge >= 0.3 is 0 Å². The van der Waals surface area contributed by atoms with E-state index in [4.69, 9.17) is 5.73 Å². The van der Waals surface area contributed by atoms with E-state index in [1.54, 1.807) is 0 Å². The molecule has 0 atom stereocenters. The van der Waals surface area contributed by atoms with Gasteiger partial charge in [-0.25, -0.2) is 0 Å². The lowest BCUT2D eigenvalue weighted by atomic mass is 10.2. The number of hydrogen-bond acceptors (Lipinski definition) is 3. The first-order chi connectivity index (χ1) is 7.33. The Labute approximate surface area is 87.9 Å². The molecule has 2 aromatic carbocycles. The molecule has 0 fully saturated rings. The lowest BCUT2D eigenvalue weighted by Crippen LogP contribution is -1.94. The molecule has 3 rings (SSSR count). The van der Waals surface area contributed by atoms with Gasteiger partial charge in [-0.2, -0.15) is 0 Å². The Morgan fingerprint density at radius 1 is 0.800 bits per heavy atom. The molecule has 0 spiro atoms. The number of benzene rings is 2. The molecule has 0 saturated heterocycles. The average Bonchev–Trinajstić information content (AvgIpc) is 2.40. The second kappa shape index (κ2) is 2.92. The fourth-order valence-corrected chi connectivity index (χ4v) is 1.74. The normalized spacial score (nSPS) is 12.0. The number of para-hydroxylation sites is 2. The van der Waals surface area contributed by atoms with E-state index < -0.39 is 0 Å². The van der Waals surface area contributed by atoms with Crippen LogP contribution in [0, 0.1) is 0 Å². The average molecular weight is 197 g/mol. The van der Waals surface area contributed by atoms with E-state index in [0.717, 1.165) is 28.4 Å². The minimum Gasteiger partial charge on any atom is -0.397 e. The predicted octanol–water partition coefficient (Wildman–Crippen LogP) is 3.07. The third-order valence-corrected chi connectivity index (χ3v) is 2.53. The highest BCUT2D eigenvalue weighted by Crippen LogP contribution is 2.35. The van der Waals surface area contributed by atoms with Gasteiger partial charge in [-0.1, -0.05) is 12.1 Å². The molecule has 2 bridgehead atoms. The highest BCUT2D eigenvalue weighted by atomic mass is 15.0. The maximum absolute atomic E-state index is 5.87. The largest absolute Gasteiger partial charge is 0.397 e. The number of nitrogen functional groups attached to an aromatic ring is 1. The van der Waals surface area contributed by atoms with Crippen molar-refractivity contribution >= 4 is 28.4 Å². The molecule has 0 saturated carbocycles. The molecule has 0 unspecified atom stereocenters. The van der Waals surface area contributed by atoms with E-state index >= 15 is 0 Å². The maximum atomic E-state index is 5.87. The highest BCUT2D eigenvalue weighted by molar-refractivity contribution is 5.87. The van der Waals surface area contributed by atoms with Crippen molar-refractivity contribution in [1.82, 2.24) is 0 Å². The summed E-state index contributed by atoms with van der Waals surface area (Å²) in [5, 5.41) is 6.64. The number of nitrogens with one attached hydrogen (secondary N) is 2. The first-order valence-electron chi connectivity index (χ1n) is 4.85. The van der Waals surface area contributed by atoms with E-state index in [0.29, 0.717) is 0 Å². The third kappa shape index (κ3) is 1.29. The van der Waals surface area contributed by atoms with Crippen LogP contribution in [0.1, 0.15) is 0 Å². The third-order valence-electron chi connectivity index (χ3n) is 2.53. The van der Waals surface area contributed by atoms with Gasteiger partial charge in [0.05, 0.1) is 22.7 Å². The van der Waals surface area contributed by atoms with E-state index in [1.165, 1.54) is 0 Å². The van der Waals surface area contributed by atoms with Crippen molar-refractivity contribution in [2.75, 3.05) is 16.4 Å². The summed E-state index contributed by atoms with van der Waals surface area (Å²) >= 11 is 0. The number of rotatable bonds is 0. The van der Waals surface area contributed by atoms with Gasteiger partial charge in [-0.05, 0) is 30.3 Å². The maximum Gasteiger partial charge on any atom is 0.0639 e. The highest BCUT2D eigenvalue weighted by Gasteiger charge is 2.10. The molecule has 0 aliphatic carbocycles. The van der Waals surface area contributed by atoms with Crippen molar-refractivity contribution in [2.45, 2.75) is 0 Å². The minimum atomic E-state index is 0.761. The fourth-order valence-electron chi connectivity index (χ4n) is 1.74. The number of nitrogens with two attached hydrogens (primary N) is 1. The Bertz CT molecular complexity index is 520. The van der Waals surface area contributed by atoms with Gasteiger partial charge in [-0.3, -0.25) is 0 Å². The van der Waals surface area contributed by atoms with Crippen molar-refractivity contribution in [3.8, 4) is 0 Å². The van der Waals surface area contributed by atoms with Gasteiger partial charge in [0.15, 0.2) is 0 Å². The molecular weight excluding hydrogens is 186 g/mol. The zero-order valence-corrected chi connectivity index (χ0v) is 8.12. The van der Waals surface area contributed by atoms with E-state index in [9.17, 15) is 0 Å². The quantitative estimate of drug-likeness (QED) is 0.485. The molecule has 74 valence electrons. The first kappa shape index (κ1) is 8.17. The second-order valence-electron chi connectivity index (χ2n) is 3.60. The summed E-state index contributed by atoms with van der Waals surface area (Å²) in [6.45, 7) is 0. The Balaban J connectivity index is 2.20. The van der Waals surface area contributed by atoms with E-state index in [1.807, 2.05) is 42.5 Å². The summed E-state index contributed by atoms with van der Waals surface area (Å²) in [4.78, 5) is 0. The lowest BCUT2D eigenvalue weighted by Gasteiger charge is -2.08. The summed E-state index contributed by atoms with van der Waals surface area (Å²) in [5.74, 6) is 0. The zero-order valence-electron chi connectivity index (χ0n) is 8.12. The molecule has 15 heavy (non-hydrogen) atoms. The van der Waals surface area contributed by atoms with Gasteiger partial charge in [0.1, 0.15) is 0 Å². The van der Waals surface area contributed by atoms with Crippen molar-refractivity contribution in [1.29, 1.82) is 0 Å². The number of fused-ring (bicyclic) bond motifs is 3. The first-order valence-corrected chi connectivity index (χ1v) is 4.85. The van der Waals surface area contributed by atoms with Crippen LogP contribution in [0.15, 0.2) is 42.5 Å². The van der Waals surface area contributed by atoms with Gasteiger partial charge in [0.2, 0.25) is 0 Å². The number of anilines is 5. The summed E-state index contributed by atoms with van der Waals surface area (Å²) in [7, 11) is 0. The van der Waals surface area contributed by atoms with Crippen LogP contribution in [0.4, 0.5) is 28.4 Å². The molecule has 0 aromatic heterocycles. The summed E-state index contributed by atoms with van der Waals surface area (Å²) in [5.41, 5.74) is 10.7. The van der Waals surface area contributed by atoms with Crippen LogP contribution in [0.25, 0.3) is 0 Å². The van der Waals surface area contributed by atoms with Crippen molar-refractivity contribution in [3.05, 3.63) is 42.5 Å². The van der Waals surface area contributed by atoms with Crippen LogP contribution < -0.4 is 16.4 Å². The molecule has 3 nitrogen and oxygen atoms in total. The van der Waals surface area contributed by atoms with Crippen LogP contribution >= 0.6 is 0 Å². The smallest absolute Gasteiger partial charge is 0.0639 e. The Morgan fingerprint density at radius 3 is 2.33 bits per heavy atom. The van der Waals surface area contributed by atoms with Crippen molar-refractivity contribution < 1.29 is 0 Å². The second-order valence-corrected chi connectivity index (χ2v) is 3.60. The van der Waals surface area contributed by atoms with Crippen molar-refractivity contribution in [2.24, 2.45) is 0 Å². The minimum absolute atomic E-state index is 0.761. The Morgan fingerprint density at radius 2 is 1.53 bits per heavy atom. The van der Waals surface area contributed by atoms with Crippen LogP contribution in [0.2, 0.25) is 0 Å². The number of hydrogen-bond donors (Lipinski definition) is 3. The van der Waals surface area contributed by atoms with Crippen LogP contribution in [0.3, 0.4) is 0 Å². The molecule has 1 aliphatic rings. The summed E-state index contributed by atoms with van der Waals surface area (Å²) in [6, 6.07) is 13.9. The van der Waals surface area contributed by atoms with Gasteiger partial charge in [-0.15, -0.1) is 0 Å². The lowest BCUT2D eigenvalue weighted by molar-refractivity contribution is 1.58. The molecule has 1 aliphatic heterocycles. The molecule has 4 N–H and O–H groups in total. The van der Waals surface area contributed by atoms with Crippen molar-refractivity contribution in [3.63, 3.8) is 0 Å². The molecule has 0 amide bonds. The van der Waals surface area contributed by atoms with Crippen LogP contribution in [0.5, 0.6) is 0 Å². The summed E-state index contributed by atoms with van der Waals surface area (Å²) in [6.07, 6.45) is 0. The molecule has 1 heterocycles. The standard InChI is InChI=1S/C12H11N3/c13-9-6-5-8-7-12(9)15-11-4-2-1-3-10(11)14-8/h1-7,14-15H,13H2. The van der Waals surface area contributed by atoms with Crippen LogP contribution in [-0.4, -0.2) is 0 Å². The van der Waals surface area contributed by atoms with Gasteiger partial charge in [0, 0.05) is 5.69 Å². The Hall–Kier alpha value is -2.16. The van der Waals surface area contributed by atoms with E-state index in [2.05, 4.69) is 10.6 Å². The zero-order chi connectivity index (χ0) is 10.3. The molecule has 3 heteroatoms. The predicted molar refractivity (Wildman–Crippen MR) is 63.9 cm³/mol. The van der Waals surface area contributed by atoms with Gasteiger partial charge < -0.3 is 16.4 Å². The van der Waals surface area contributed by atoms with Gasteiger partial charge in [0.25, 0.3) is 0 Å². The molecular formula is C12H11N3. The molecule has 0 radical (unpaired) electrons. The SMILES string of the molecule is Nc1ccc2cc1Nc1ccccc1N2. The molecule has 2 aromatic rings. The monoisotopic (exact) mass is 197 g/mol. The fraction of sp³-hybridized carbons (Fsp3) is 0. The topological polar surface area (TPSA) is 50.1 Å². The summed E-state index contributed by atoms with van der Waals surface area (Å²) < 4.78 is 0.